The first-order valence-corrected chi connectivity index (χ1v) is 8.24. The number of ether oxygens (including phenoxy) is 2. The molecule has 1 heterocycles. The van der Waals surface area contributed by atoms with E-state index in [1.54, 1.807) is 0 Å². The van der Waals surface area contributed by atoms with Gasteiger partial charge in [0.25, 0.3) is 5.91 Å². The zero-order chi connectivity index (χ0) is 18.1. The molecule has 8 heteroatoms. The van der Waals surface area contributed by atoms with Gasteiger partial charge < -0.3 is 14.8 Å². The number of para-hydroxylation sites is 1. The van der Waals surface area contributed by atoms with Gasteiger partial charge in [-0.05, 0) is 24.6 Å². The molecular formula is C17H16Cl2N2O4. The molecular weight excluding hydrogens is 367 g/mol. The predicted octanol–water partition coefficient (Wildman–Crippen LogP) is 3.73. The quantitative estimate of drug-likeness (QED) is 0.555. The lowest BCUT2D eigenvalue weighted by Crippen LogP contribution is -2.21. The maximum Gasteiger partial charge on any atom is 0.306 e. The van der Waals surface area contributed by atoms with Crippen LogP contribution in [-0.2, 0) is 14.3 Å². The number of halogens is 2. The van der Waals surface area contributed by atoms with Gasteiger partial charge in [-0.2, -0.15) is 0 Å². The van der Waals surface area contributed by atoms with Crippen LogP contribution in [0.5, 0.6) is 5.75 Å². The summed E-state index contributed by atoms with van der Waals surface area (Å²) < 4.78 is 10.4. The zero-order valence-corrected chi connectivity index (χ0v) is 14.7. The molecule has 0 saturated carbocycles. The van der Waals surface area contributed by atoms with E-state index < -0.39 is 18.5 Å². The summed E-state index contributed by atoms with van der Waals surface area (Å²) >= 11 is 11.6. The van der Waals surface area contributed by atoms with Crippen LogP contribution >= 0.6 is 23.2 Å². The van der Waals surface area contributed by atoms with Crippen molar-refractivity contribution in [2.45, 2.75) is 12.8 Å². The first kappa shape index (κ1) is 19.0. The number of amides is 1. The Bertz CT molecular complexity index is 726. The monoisotopic (exact) mass is 382 g/mol. The highest BCUT2D eigenvalue weighted by Gasteiger charge is 2.11. The van der Waals surface area contributed by atoms with Gasteiger partial charge in [-0.15, -0.1) is 0 Å². The van der Waals surface area contributed by atoms with E-state index in [-0.39, 0.29) is 17.3 Å². The number of rotatable bonds is 8. The zero-order valence-electron chi connectivity index (χ0n) is 13.2. The van der Waals surface area contributed by atoms with E-state index in [0.29, 0.717) is 18.1 Å². The van der Waals surface area contributed by atoms with E-state index in [1.165, 1.54) is 12.3 Å². The molecule has 1 amide bonds. The molecule has 25 heavy (non-hydrogen) atoms. The normalized spacial score (nSPS) is 10.2. The summed E-state index contributed by atoms with van der Waals surface area (Å²) in [7, 11) is 0. The number of benzene rings is 1. The Hall–Kier alpha value is -2.31. The number of nitrogens with one attached hydrogen (secondary N) is 1. The standard InChI is InChI=1S/C17H16Cl2N2O4/c18-12-9-14(19)17(20-10-12)21-15(22)11-25-16(23)7-4-8-24-13-5-2-1-3-6-13/h1-3,5-6,9-10H,4,7-8,11H2,(H,20,21,22). The lowest BCUT2D eigenvalue weighted by molar-refractivity contribution is -0.147. The third-order valence-electron chi connectivity index (χ3n) is 2.97. The molecule has 0 aliphatic carbocycles. The van der Waals surface area contributed by atoms with Crippen molar-refractivity contribution in [3.8, 4) is 5.75 Å². The Morgan fingerprint density at radius 1 is 1.16 bits per heavy atom. The van der Waals surface area contributed by atoms with Gasteiger partial charge in [0.15, 0.2) is 12.4 Å². The minimum Gasteiger partial charge on any atom is -0.494 e. The summed E-state index contributed by atoms with van der Waals surface area (Å²) in [5.41, 5.74) is 0. The Labute approximate surface area is 155 Å². The molecule has 0 aliphatic rings. The van der Waals surface area contributed by atoms with Crippen molar-refractivity contribution in [2.24, 2.45) is 0 Å². The Morgan fingerprint density at radius 3 is 2.64 bits per heavy atom. The molecule has 1 aromatic carbocycles. The highest BCUT2D eigenvalue weighted by Crippen LogP contribution is 2.22. The van der Waals surface area contributed by atoms with Crippen LogP contribution in [0.4, 0.5) is 5.82 Å². The van der Waals surface area contributed by atoms with Crippen molar-refractivity contribution in [1.82, 2.24) is 4.98 Å². The fraction of sp³-hybridized carbons (Fsp3) is 0.235. The number of hydrogen-bond donors (Lipinski definition) is 1. The van der Waals surface area contributed by atoms with Crippen molar-refractivity contribution in [3.63, 3.8) is 0 Å². The van der Waals surface area contributed by atoms with Crippen LogP contribution in [0.3, 0.4) is 0 Å². The van der Waals surface area contributed by atoms with Gasteiger partial charge in [0.1, 0.15) is 5.75 Å². The molecule has 0 radical (unpaired) electrons. The molecule has 0 aliphatic heterocycles. The van der Waals surface area contributed by atoms with Gasteiger partial charge in [0.05, 0.1) is 16.7 Å². The van der Waals surface area contributed by atoms with E-state index >= 15 is 0 Å². The Kier molecular flexibility index (Phi) is 7.50. The van der Waals surface area contributed by atoms with E-state index in [1.807, 2.05) is 30.3 Å². The van der Waals surface area contributed by atoms with Crippen LogP contribution in [0, 0.1) is 0 Å². The number of hydrogen-bond acceptors (Lipinski definition) is 5. The second-order valence-corrected chi connectivity index (χ2v) is 5.80. The van der Waals surface area contributed by atoms with Crippen molar-refractivity contribution < 1.29 is 19.1 Å². The van der Waals surface area contributed by atoms with Crippen molar-refractivity contribution in [2.75, 3.05) is 18.5 Å². The minimum absolute atomic E-state index is 0.153. The van der Waals surface area contributed by atoms with Gasteiger partial charge in [-0.25, -0.2) is 4.98 Å². The van der Waals surface area contributed by atoms with Gasteiger partial charge in [-0.3, -0.25) is 9.59 Å². The largest absolute Gasteiger partial charge is 0.494 e. The van der Waals surface area contributed by atoms with Crippen LogP contribution in [0.25, 0.3) is 0 Å². The number of anilines is 1. The van der Waals surface area contributed by atoms with Crippen molar-refractivity contribution >= 4 is 40.9 Å². The molecule has 132 valence electrons. The van der Waals surface area contributed by atoms with E-state index in [2.05, 4.69) is 10.3 Å². The molecule has 1 N–H and O–H groups in total. The van der Waals surface area contributed by atoms with Crippen LogP contribution < -0.4 is 10.1 Å². The van der Waals surface area contributed by atoms with Crippen LogP contribution in [0.1, 0.15) is 12.8 Å². The second-order valence-electron chi connectivity index (χ2n) is 4.96. The summed E-state index contributed by atoms with van der Waals surface area (Å²) in [6, 6.07) is 10.7. The molecule has 6 nitrogen and oxygen atoms in total. The molecule has 0 unspecified atom stereocenters. The summed E-state index contributed by atoms with van der Waals surface area (Å²) in [6.45, 7) is -0.0331. The fourth-order valence-corrected chi connectivity index (χ4v) is 2.24. The average molecular weight is 383 g/mol. The van der Waals surface area contributed by atoms with Crippen LogP contribution in [0.15, 0.2) is 42.6 Å². The third kappa shape index (κ3) is 6.99. The van der Waals surface area contributed by atoms with E-state index in [0.717, 1.165) is 5.75 Å². The van der Waals surface area contributed by atoms with Crippen LogP contribution in [0.2, 0.25) is 10.0 Å². The Balaban J connectivity index is 1.63. The number of esters is 1. The smallest absolute Gasteiger partial charge is 0.306 e. The van der Waals surface area contributed by atoms with Gasteiger partial charge in [0, 0.05) is 12.6 Å². The number of aromatic nitrogens is 1. The molecule has 0 bridgehead atoms. The van der Waals surface area contributed by atoms with Crippen LogP contribution in [-0.4, -0.2) is 30.1 Å². The minimum atomic E-state index is -0.536. The highest BCUT2D eigenvalue weighted by atomic mass is 35.5. The fourth-order valence-electron chi connectivity index (χ4n) is 1.82. The highest BCUT2D eigenvalue weighted by molar-refractivity contribution is 6.36. The van der Waals surface area contributed by atoms with Gasteiger partial charge >= 0.3 is 5.97 Å². The molecule has 2 aromatic rings. The second kappa shape index (κ2) is 9.86. The molecule has 0 spiro atoms. The first-order valence-electron chi connectivity index (χ1n) is 7.49. The number of carbonyl (C=O) groups excluding carboxylic acids is 2. The summed E-state index contributed by atoms with van der Waals surface area (Å²) in [5.74, 6) is -0.126. The number of pyridine rings is 1. The average Bonchev–Trinajstić information content (AvgIpc) is 2.60. The Morgan fingerprint density at radius 2 is 1.92 bits per heavy atom. The van der Waals surface area contributed by atoms with Gasteiger partial charge in [0.2, 0.25) is 0 Å². The third-order valence-corrected chi connectivity index (χ3v) is 3.46. The topological polar surface area (TPSA) is 77.5 Å². The summed E-state index contributed by atoms with van der Waals surface area (Å²) in [6.07, 6.45) is 1.99. The lowest BCUT2D eigenvalue weighted by Gasteiger charge is -2.08. The first-order chi connectivity index (χ1) is 12.0. The van der Waals surface area contributed by atoms with Crippen molar-refractivity contribution in [3.05, 3.63) is 52.6 Å². The van der Waals surface area contributed by atoms with Crippen molar-refractivity contribution in [1.29, 1.82) is 0 Å². The SMILES string of the molecule is O=C(COC(=O)CCCOc1ccccc1)Nc1ncc(Cl)cc1Cl. The number of carbonyl (C=O) groups is 2. The maximum absolute atomic E-state index is 11.7. The molecule has 0 saturated heterocycles. The van der Waals surface area contributed by atoms with E-state index in [4.69, 9.17) is 32.7 Å². The van der Waals surface area contributed by atoms with E-state index in [9.17, 15) is 9.59 Å². The maximum atomic E-state index is 11.7. The molecule has 0 atom stereocenters. The van der Waals surface area contributed by atoms with Gasteiger partial charge in [-0.1, -0.05) is 41.4 Å². The summed E-state index contributed by atoms with van der Waals surface area (Å²) in [5, 5.41) is 2.99. The lowest BCUT2D eigenvalue weighted by atomic mass is 10.3. The predicted molar refractivity (Wildman–Crippen MR) is 95.0 cm³/mol. The summed E-state index contributed by atoms with van der Waals surface area (Å²) in [4.78, 5) is 27.2. The molecule has 0 fully saturated rings. The number of nitrogens with zero attached hydrogens (tertiary/aromatic N) is 1. The molecule has 1 aromatic heterocycles. The molecule has 2 rings (SSSR count).